The van der Waals surface area contributed by atoms with Gasteiger partial charge in [-0.1, -0.05) is 12.1 Å². The van der Waals surface area contributed by atoms with Crippen LogP contribution in [0, 0.1) is 0 Å². The third-order valence-electron chi connectivity index (χ3n) is 3.21. The van der Waals surface area contributed by atoms with E-state index in [9.17, 15) is 9.59 Å². The summed E-state index contributed by atoms with van der Waals surface area (Å²) in [4.78, 5) is 23.9. The first kappa shape index (κ1) is 14.5. The lowest BCUT2D eigenvalue weighted by molar-refractivity contribution is -0.145. The molecule has 4 nitrogen and oxygen atoms in total. The normalized spacial score (nSPS) is 10.8. The number of fused-ring (bicyclic) bond motifs is 2. The summed E-state index contributed by atoms with van der Waals surface area (Å²) in [6.07, 6.45) is 0. The van der Waals surface area contributed by atoms with E-state index in [-0.39, 0.29) is 12.0 Å². The Labute approximate surface area is 130 Å². The lowest BCUT2D eigenvalue weighted by Crippen LogP contribution is -2.14. The minimum atomic E-state index is -0.425. The average Bonchev–Trinajstić information content (AvgIpc) is 2.54. The van der Waals surface area contributed by atoms with Gasteiger partial charge in [0.1, 0.15) is 5.75 Å². The third-order valence-corrected chi connectivity index (χ3v) is 4.36. The highest BCUT2D eigenvalue weighted by Gasteiger charge is 2.08. The number of rotatable bonds is 4. The van der Waals surface area contributed by atoms with Crippen molar-refractivity contribution in [1.29, 1.82) is 0 Å². The Bertz CT molecular complexity index is 898. The van der Waals surface area contributed by atoms with Crippen molar-refractivity contribution in [1.82, 2.24) is 0 Å². The van der Waals surface area contributed by atoms with Gasteiger partial charge in [0, 0.05) is 20.2 Å². The molecule has 0 spiro atoms. The highest BCUT2D eigenvalue weighted by atomic mass is 32.1. The molecule has 2 aromatic carbocycles. The van der Waals surface area contributed by atoms with Crippen molar-refractivity contribution in [2.75, 3.05) is 13.2 Å². The van der Waals surface area contributed by atoms with Crippen molar-refractivity contribution in [3.05, 3.63) is 52.7 Å². The molecule has 0 saturated heterocycles. The van der Waals surface area contributed by atoms with Crippen LogP contribution in [0.15, 0.2) is 47.3 Å². The number of carbonyl (C=O) groups excluding carboxylic acids is 1. The van der Waals surface area contributed by atoms with Gasteiger partial charge in [-0.15, -0.1) is 11.3 Å². The second-order valence-corrected chi connectivity index (χ2v) is 5.76. The Kier molecular flexibility index (Phi) is 4.06. The maximum absolute atomic E-state index is 12.5. The summed E-state index contributed by atoms with van der Waals surface area (Å²) in [5.41, 5.74) is -0.0223. The molecule has 0 aliphatic heterocycles. The molecule has 3 aromatic rings. The molecule has 0 atom stereocenters. The summed E-state index contributed by atoms with van der Waals surface area (Å²) in [7, 11) is 0. The van der Waals surface area contributed by atoms with Crippen molar-refractivity contribution in [2.24, 2.45) is 0 Å². The van der Waals surface area contributed by atoms with Gasteiger partial charge >= 0.3 is 5.97 Å². The summed E-state index contributed by atoms with van der Waals surface area (Å²) >= 11 is 1.56. The molecule has 0 bridgehead atoms. The van der Waals surface area contributed by atoms with Gasteiger partial charge in [0.25, 0.3) is 0 Å². The van der Waals surface area contributed by atoms with Crippen LogP contribution in [0.3, 0.4) is 0 Å². The first-order chi connectivity index (χ1) is 10.7. The van der Waals surface area contributed by atoms with Crippen LogP contribution in [0.25, 0.3) is 20.2 Å². The van der Waals surface area contributed by atoms with E-state index in [1.54, 1.807) is 30.4 Å². The third kappa shape index (κ3) is 2.80. The summed E-state index contributed by atoms with van der Waals surface area (Å²) in [6, 6.07) is 12.8. The van der Waals surface area contributed by atoms with E-state index in [1.165, 1.54) is 0 Å². The highest BCUT2D eigenvalue weighted by molar-refractivity contribution is 7.24. The standard InChI is InChI=1S/C17H14O4S/c1-2-20-16(18)10-21-11-7-8-15-13(9-11)17(19)12-5-3-4-6-14(12)22-15/h3-9H,2,10H2,1H3. The van der Waals surface area contributed by atoms with Gasteiger partial charge in [-0.2, -0.15) is 0 Å². The molecule has 0 N–H and O–H groups in total. The van der Waals surface area contributed by atoms with Gasteiger partial charge in [-0.25, -0.2) is 4.79 Å². The molecule has 22 heavy (non-hydrogen) atoms. The minimum Gasteiger partial charge on any atom is -0.482 e. The molecule has 1 heterocycles. The Morgan fingerprint density at radius 2 is 1.86 bits per heavy atom. The molecule has 0 fully saturated rings. The molecular formula is C17H14O4S. The molecule has 112 valence electrons. The van der Waals surface area contributed by atoms with Gasteiger partial charge < -0.3 is 9.47 Å². The first-order valence-corrected chi connectivity index (χ1v) is 7.74. The van der Waals surface area contributed by atoms with Crippen molar-refractivity contribution < 1.29 is 14.3 Å². The van der Waals surface area contributed by atoms with Crippen LogP contribution in [-0.4, -0.2) is 19.2 Å². The van der Waals surface area contributed by atoms with E-state index in [0.29, 0.717) is 23.1 Å². The molecule has 0 amide bonds. The molecule has 0 saturated carbocycles. The average molecular weight is 314 g/mol. The topological polar surface area (TPSA) is 52.6 Å². The molecule has 5 heteroatoms. The number of carbonyl (C=O) groups is 1. The zero-order valence-corrected chi connectivity index (χ0v) is 12.8. The zero-order valence-electron chi connectivity index (χ0n) is 12.0. The van der Waals surface area contributed by atoms with Crippen LogP contribution in [0.5, 0.6) is 5.75 Å². The number of ether oxygens (including phenoxy) is 2. The zero-order chi connectivity index (χ0) is 15.5. The number of hydrogen-bond donors (Lipinski definition) is 0. The smallest absolute Gasteiger partial charge is 0.344 e. The first-order valence-electron chi connectivity index (χ1n) is 6.93. The number of hydrogen-bond acceptors (Lipinski definition) is 5. The van der Waals surface area contributed by atoms with E-state index in [2.05, 4.69) is 0 Å². The predicted molar refractivity (Wildman–Crippen MR) is 87.7 cm³/mol. The fraction of sp³-hybridized carbons (Fsp3) is 0.176. The summed E-state index contributed by atoms with van der Waals surface area (Å²) < 4.78 is 12.0. The molecule has 0 radical (unpaired) electrons. The van der Waals surface area contributed by atoms with E-state index < -0.39 is 5.97 Å². The monoisotopic (exact) mass is 314 g/mol. The Morgan fingerprint density at radius 1 is 1.09 bits per heavy atom. The maximum Gasteiger partial charge on any atom is 0.344 e. The minimum absolute atomic E-state index is 0.0223. The Hall–Kier alpha value is -2.40. The van der Waals surface area contributed by atoms with Gasteiger partial charge in [0.05, 0.1) is 6.61 Å². The van der Waals surface area contributed by atoms with E-state index >= 15 is 0 Å². The Morgan fingerprint density at radius 3 is 2.68 bits per heavy atom. The van der Waals surface area contributed by atoms with Gasteiger partial charge in [0.2, 0.25) is 0 Å². The highest BCUT2D eigenvalue weighted by Crippen LogP contribution is 2.27. The number of esters is 1. The maximum atomic E-state index is 12.5. The molecule has 0 aliphatic carbocycles. The second kappa shape index (κ2) is 6.15. The summed E-state index contributed by atoms with van der Waals surface area (Å²) in [5.74, 6) is 0.0615. The van der Waals surface area contributed by atoms with Crippen molar-refractivity contribution >= 4 is 37.5 Å². The second-order valence-electron chi connectivity index (χ2n) is 4.68. The summed E-state index contributed by atoms with van der Waals surface area (Å²) in [5, 5.41) is 1.30. The van der Waals surface area contributed by atoms with Gasteiger partial charge in [0.15, 0.2) is 12.0 Å². The fourth-order valence-corrected chi connectivity index (χ4v) is 3.27. The Balaban J connectivity index is 1.99. The van der Waals surface area contributed by atoms with Crippen LogP contribution in [-0.2, 0) is 9.53 Å². The molecule has 0 aliphatic rings. The molecular weight excluding hydrogens is 300 g/mol. The van der Waals surface area contributed by atoms with Crippen LogP contribution in [0.1, 0.15) is 6.92 Å². The summed E-state index contributed by atoms with van der Waals surface area (Å²) in [6.45, 7) is 1.90. The largest absolute Gasteiger partial charge is 0.482 e. The van der Waals surface area contributed by atoms with Crippen molar-refractivity contribution in [3.63, 3.8) is 0 Å². The molecule has 1 aromatic heterocycles. The molecule has 3 rings (SSSR count). The van der Waals surface area contributed by atoms with Gasteiger partial charge in [-0.05, 0) is 37.3 Å². The van der Waals surface area contributed by atoms with Crippen molar-refractivity contribution in [3.8, 4) is 5.75 Å². The van der Waals surface area contributed by atoms with Crippen LogP contribution in [0.4, 0.5) is 0 Å². The van der Waals surface area contributed by atoms with Crippen molar-refractivity contribution in [2.45, 2.75) is 6.92 Å². The van der Waals surface area contributed by atoms with Crippen LogP contribution in [0.2, 0.25) is 0 Å². The van der Waals surface area contributed by atoms with E-state index in [4.69, 9.17) is 9.47 Å². The fourth-order valence-electron chi connectivity index (χ4n) is 2.22. The number of benzene rings is 2. The lowest BCUT2D eigenvalue weighted by atomic mass is 10.2. The quantitative estimate of drug-likeness (QED) is 0.547. The van der Waals surface area contributed by atoms with Gasteiger partial charge in [-0.3, -0.25) is 4.79 Å². The molecule has 0 unspecified atom stereocenters. The lowest BCUT2D eigenvalue weighted by Gasteiger charge is -2.07. The SMILES string of the molecule is CCOC(=O)COc1ccc2sc3ccccc3c(=O)c2c1. The van der Waals surface area contributed by atoms with Crippen LogP contribution >= 0.6 is 11.3 Å². The predicted octanol–water partition coefficient (Wildman–Crippen LogP) is 3.36. The van der Waals surface area contributed by atoms with E-state index in [0.717, 1.165) is 9.40 Å². The van der Waals surface area contributed by atoms with Crippen LogP contribution < -0.4 is 10.2 Å². The van der Waals surface area contributed by atoms with E-state index in [1.807, 2.05) is 30.3 Å².